The van der Waals surface area contributed by atoms with E-state index in [9.17, 15) is 4.79 Å². The van der Waals surface area contributed by atoms with Crippen molar-refractivity contribution in [1.82, 2.24) is 9.78 Å². The van der Waals surface area contributed by atoms with Crippen molar-refractivity contribution in [2.45, 2.75) is 26.3 Å². The number of carbonyl (C=O) groups is 1. The third kappa shape index (κ3) is 3.90. The maximum absolute atomic E-state index is 12.3. The van der Waals surface area contributed by atoms with Gasteiger partial charge in [0.1, 0.15) is 5.69 Å². The molecule has 2 N–H and O–H groups in total. The molecule has 1 aromatic heterocycles. The third-order valence-corrected chi connectivity index (χ3v) is 3.53. The summed E-state index contributed by atoms with van der Waals surface area (Å²) in [5.41, 5.74) is 6.25. The molecular formula is C12H20BrN3O2. The highest BCUT2D eigenvalue weighted by Crippen LogP contribution is 2.20. The molecule has 0 amide bonds. The maximum atomic E-state index is 12.3. The Morgan fingerprint density at radius 2 is 2.39 bits per heavy atom. The number of methoxy groups -OCH3 is 1. The van der Waals surface area contributed by atoms with Crippen molar-refractivity contribution in [1.29, 1.82) is 0 Å². The zero-order valence-corrected chi connectivity index (χ0v) is 12.4. The fraction of sp³-hybridized carbons (Fsp3) is 0.667. The topological polar surface area (TPSA) is 70.1 Å². The average Bonchev–Trinajstić information content (AvgIpc) is 2.74. The van der Waals surface area contributed by atoms with E-state index < -0.39 is 0 Å². The van der Waals surface area contributed by atoms with E-state index >= 15 is 0 Å². The van der Waals surface area contributed by atoms with E-state index in [2.05, 4.69) is 21.0 Å². The number of hydrogen-bond donors (Lipinski definition) is 1. The summed E-state index contributed by atoms with van der Waals surface area (Å²) >= 11 is 3.37. The monoisotopic (exact) mass is 317 g/mol. The van der Waals surface area contributed by atoms with Gasteiger partial charge in [-0.15, -0.1) is 0 Å². The molecule has 1 aromatic rings. The number of hydrogen-bond acceptors (Lipinski definition) is 4. The number of rotatable bonds is 8. The Balaban J connectivity index is 2.80. The van der Waals surface area contributed by atoms with Gasteiger partial charge in [-0.3, -0.25) is 9.48 Å². The second kappa shape index (κ2) is 7.66. The van der Waals surface area contributed by atoms with E-state index in [4.69, 9.17) is 10.5 Å². The summed E-state index contributed by atoms with van der Waals surface area (Å²) in [7, 11) is 1.63. The number of carbonyl (C=O) groups excluding carboxylic acids is 1. The van der Waals surface area contributed by atoms with Gasteiger partial charge in [-0.05, 0) is 28.4 Å². The van der Waals surface area contributed by atoms with Gasteiger partial charge in [-0.25, -0.2) is 0 Å². The van der Waals surface area contributed by atoms with Crippen LogP contribution in [0.5, 0.6) is 0 Å². The zero-order valence-electron chi connectivity index (χ0n) is 10.9. The Hall–Kier alpha value is -0.720. The van der Waals surface area contributed by atoms with Crippen LogP contribution in [0.2, 0.25) is 0 Å². The molecule has 0 aliphatic carbocycles. The first-order valence-corrected chi connectivity index (χ1v) is 6.86. The van der Waals surface area contributed by atoms with Crippen molar-refractivity contribution in [3.63, 3.8) is 0 Å². The minimum Gasteiger partial charge on any atom is -0.383 e. The van der Waals surface area contributed by atoms with Gasteiger partial charge in [-0.1, -0.05) is 13.3 Å². The molecule has 0 saturated heterocycles. The Morgan fingerprint density at radius 1 is 1.67 bits per heavy atom. The number of nitrogens with two attached hydrogens (primary N) is 1. The first kappa shape index (κ1) is 15.3. The number of ether oxygens (including phenoxy) is 1. The standard InChI is InChI=1S/C12H20BrN3O2/c1-3-9(7-14)6-11(17)12-10(13)8-15-16(12)4-5-18-2/h8-9H,3-7,14H2,1-2H3. The van der Waals surface area contributed by atoms with E-state index in [-0.39, 0.29) is 11.7 Å². The van der Waals surface area contributed by atoms with E-state index in [1.165, 1.54) is 0 Å². The SMILES string of the molecule is CCC(CN)CC(=O)c1c(Br)cnn1CCOC. The highest BCUT2D eigenvalue weighted by atomic mass is 79.9. The lowest BCUT2D eigenvalue weighted by molar-refractivity contribution is 0.0946. The summed E-state index contributed by atoms with van der Waals surface area (Å²) in [6.45, 7) is 3.68. The quantitative estimate of drug-likeness (QED) is 0.743. The fourth-order valence-corrected chi connectivity index (χ4v) is 2.26. The molecule has 1 rings (SSSR count). The van der Waals surface area contributed by atoms with E-state index in [1.54, 1.807) is 18.0 Å². The van der Waals surface area contributed by atoms with Crippen molar-refractivity contribution in [3.05, 3.63) is 16.4 Å². The summed E-state index contributed by atoms with van der Waals surface area (Å²) < 4.78 is 7.42. The largest absolute Gasteiger partial charge is 0.383 e. The molecule has 0 radical (unpaired) electrons. The molecule has 0 aliphatic heterocycles. The van der Waals surface area contributed by atoms with Crippen molar-refractivity contribution in [3.8, 4) is 0 Å². The highest BCUT2D eigenvalue weighted by molar-refractivity contribution is 9.10. The van der Waals surface area contributed by atoms with Crippen LogP contribution in [0.25, 0.3) is 0 Å². The number of Topliss-reactive ketones (excluding diaryl/α,β-unsaturated/α-hetero) is 1. The molecule has 0 aliphatic rings. The van der Waals surface area contributed by atoms with E-state index in [0.717, 1.165) is 10.9 Å². The van der Waals surface area contributed by atoms with Crippen LogP contribution in [0.3, 0.4) is 0 Å². The first-order chi connectivity index (χ1) is 8.63. The van der Waals surface area contributed by atoms with Crippen LogP contribution in [0.1, 0.15) is 30.3 Å². The van der Waals surface area contributed by atoms with Crippen LogP contribution in [-0.4, -0.2) is 35.8 Å². The number of ketones is 1. The van der Waals surface area contributed by atoms with Crippen molar-refractivity contribution >= 4 is 21.7 Å². The molecule has 18 heavy (non-hydrogen) atoms. The van der Waals surface area contributed by atoms with Crippen molar-refractivity contribution in [2.24, 2.45) is 11.7 Å². The van der Waals surface area contributed by atoms with Gasteiger partial charge in [0.2, 0.25) is 0 Å². The Bertz CT molecular complexity index is 389. The summed E-state index contributed by atoms with van der Waals surface area (Å²) in [6, 6.07) is 0. The van der Waals surface area contributed by atoms with Crippen LogP contribution in [0.15, 0.2) is 10.7 Å². The van der Waals surface area contributed by atoms with Gasteiger partial charge in [0.15, 0.2) is 5.78 Å². The van der Waals surface area contributed by atoms with Gasteiger partial charge < -0.3 is 10.5 Å². The van der Waals surface area contributed by atoms with Crippen molar-refractivity contribution < 1.29 is 9.53 Å². The summed E-state index contributed by atoms with van der Waals surface area (Å²) in [6.07, 6.45) is 3.02. The van der Waals surface area contributed by atoms with E-state index in [1.807, 2.05) is 6.92 Å². The number of halogens is 1. The van der Waals surface area contributed by atoms with Crippen LogP contribution in [0, 0.1) is 5.92 Å². The molecule has 0 saturated carbocycles. The molecule has 5 nitrogen and oxygen atoms in total. The molecule has 0 aromatic carbocycles. The molecule has 1 atom stereocenters. The van der Waals surface area contributed by atoms with Crippen LogP contribution in [-0.2, 0) is 11.3 Å². The molecule has 0 bridgehead atoms. The predicted octanol–water partition coefficient (Wildman–Crippen LogP) is 1.85. The Morgan fingerprint density at radius 3 is 2.94 bits per heavy atom. The maximum Gasteiger partial charge on any atom is 0.182 e. The number of nitrogens with zero attached hydrogens (tertiary/aromatic N) is 2. The van der Waals surface area contributed by atoms with Gasteiger partial charge in [0.25, 0.3) is 0 Å². The lowest BCUT2D eigenvalue weighted by Crippen LogP contribution is -2.20. The summed E-state index contributed by atoms with van der Waals surface area (Å²) in [4.78, 5) is 12.3. The van der Waals surface area contributed by atoms with Gasteiger partial charge in [-0.2, -0.15) is 5.10 Å². The zero-order chi connectivity index (χ0) is 13.5. The fourth-order valence-electron chi connectivity index (χ4n) is 1.74. The highest BCUT2D eigenvalue weighted by Gasteiger charge is 2.19. The molecule has 0 fully saturated rings. The smallest absolute Gasteiger partial charge is 0.182 e. The molecule has 6 heteroatoms. The van der Waals surface area contributed by atoms with E-state index in [0.29, 0.717) is 31.8 Å². The minimum atomic E-state index is 0.0766. The predicted molar refractivity (Wildman–Crippen MR) is 73.6 cm³/mol. The van der Waals surface area contributed by atoms with Crippen LogP contribution >= 0.6 is 15.9 Å². The van der Waals surface area contributed by atoms with Crippen LogP contribution < -0.4 is 5.73 Å². The normalized spacial score (nSPS) is 12.7. The van der Waals surface area contributed by atoms with Crippen molar-refractivity contribution in [2.75, 3.05) is 20.3 Å². The summed E-state index contributed by atoms with van der Waals surface area (Å²) in [5.74, 6) is 0.308. The second-order valence-electron chi connectivity index (χ2n) is 4.19. The average molecular weight is 318 g/mol. The Labute approximate surface area is 116 Å². The van der Waals surface area contributed by atoms with Gasteiger partial charge in [0, 0.05) is 13.5 Å². The van der Waals surface area contributed by atoms with Gasteiger partial charge in [0.05, 0.1) is 23.8 Å². The molecular weight excluding hydrogens is 298 g/mol. The van der Waals surface area contributed by atoms with Crippen LogP contribution in [0.4, 0.5) is 0 Å². The Kier molecular flexibility index (Phi) is 6.52. The first-order valence-electron chi connectivity index (χ1n) is 6.07. The third-order valence-electron chi connectivity index (χ3n) is 2.95. The molecule has 1 unspecified atom stereocenters. The second-order valence-corrected chi connectivity index (χ2v) is 5.05. The molecule has 102 valence electrons. The minimum absolute atomic E-state index is 0.0766. The lowest BCUT2D eigenvalue weighted by Gasteiger charge is -2.12. The number of aromatic nitrogens is 2. The molecule has 1 heterocycles. The summed E-state index contributed by atoms with van der Waals surface area (Å²) in [5, 5.41) is 4.17. The van der Waals surface area contributed by atoms with Gasteiger partial charge >= 0.3 is 0 Å². The lowest BCUT2D eigenvalue weighted by atomic mass is 9.98. The molecule has 0 spiro atoms.